The molecule has 0 radical (unpaired) electrons. The number of thiophene rings is 2. The van der Waals surface area contributed by atoms with E-state index in [0.717, 1.165) is 28.2 Å². The number of hydrogen-bond acceptors (Lipinski definition) is 4. The maximum absolute atomic E-state index is 9.28. The van der Waals surface area contributed by atoms with Gasteiger partial charge in [-0.05, 0) is 82.6 Å². The highest BCUT2D eigenvalue weighted by atomic mass is 32.1. The lowest BCUT2D eigenvalue weighted by molar-refractivity contribution is 1.30. The lowest BCUT2D eigenvalue weighted by Gasteiger charge is -2.26. The minimum atomic E-state index is 0.666. The maximum atomic E-state index is 9.28. The predicted molar refractivity (Wildman–Crippen MR) is 212 cm³/mol. The van der Waals surface area contributed by atoms with Gasteiger partial charge < -0.3 is 4.90 Å². The van der Waals surface area contributed by atoms with Crippen molar-refractivity contribution in [3.63, 3.8) is 0 Å². The molecule has 0 atom stereocenters. The summed E-state index contributed by atoms with van der Waals surface area (Å²) >= 11 is 3.75. The first-order valence-electron chi connectivity index (χ1n) is 16.3. The van der Waals surface area contributed by atoms with Crippen molar-refractivity contribution < 1.29 is 0 Å². The molecule has 0 aliphatic heterocycles. The number of nitrogens with zero attached hydrogens (tertiary/aromatic N) is 2. The van der Waals surface area contributed by atoms with Crippen LogP contribution < -0.4 is 4.90 Å². The first kappa shape index (κ1) is 28.1. The van der Waals surface area contributed by atoms with E-state index in [1.165, 1.54) is 61.9 Å². The fourth-order valence-corrected chi connectivity index (χ4v) is 9.70. The molecule has 0 aliphatic carbocycles. The van der Waals surface area contributed by atoms with Crippen LogP contribution in [0.1, 0.15) is 5.56 Å². The summed E-state index contributed by atoms with van der Waals surface area (Å²) in [6, 6.07) is 59.0. The Morgan fingerprint density at radius 1 is 0.408 bits per heavy atom. The summed E-state index contributed by atoms with van der Waals surface area (Å²) in [5.74, 6) is 0. The van der Waals surface area contributed by atoms with Crippen molar-refractivity contribution in [2.45, 2.75) is 0 Å². The Morgan fingerprint density at radius 3 is 1.37 bits per heavy atom. The largest absolute Gasteiger partial charge is 0.310 e. The molecule has 0 spiro atoms. The first-order valence-corrected chi connectivity index (χ1v) is 17.9. The molecule has 0 bridgehead atoms. The molecule has 10 rings (SSSR count). The molecule has 0 amide bonds. The van der Waals surface area contributed by atoms with Crippen molar-refractivity contribution in [3.8, 4) is 17.2 Å². The number of nitriles is 1. The monoisotopic (exact) mass is 658 g/mol. The summed E-state index contributed by atoms with van der Waals surface area (Å²) in [4.78, 5) is 2.39. The molecule has 4 heteroatoms. The molecule has 8 aromatic carbocycles. The Kier molecular flexibility index (Phi) is 6.32. The topological polar surface area (TPSA) is 27.0 Å². The second kappa shape index (κ2) is 11.0. The van der Waals surface area contributed by atoms with Gasteiger partial charge in [-0.15, -0.1) is 22.7 Å². The van der Waals surface area contributed by atoms with E-state index < -0.39 is 0 Å². The second-order valence-electron chi connectivity index (χ2n) is 12.5. The van der Waals surface area contributed by atoms with E-state index in [9.17, 15) is 5.26 Å². The van der Waals surface area contributed by atoms with Gasteiger partial charge in [-0.1, -0.05) is 97.1 Å². The average Bonchev–Trinajstić information content (AvgIpc) is 3.74. The van der Waals surface area contributed by atoms with E-state index >= 15 is 0 Å². The van der Waals surface area contributed by atoms with Gasteiger partial charge in [0.15, 0.2) is 0 Å². The zero-order valence-corrected chi connectivity index (χ0v) is 27.9. The molecule has 0 saturated heterocycles. The van der Waals surface area contributed by atoms with Crippen molar-refractivity contribution >= 4 is 102 Å². The smallest absolute Gasteiger partial charge is 0.0991 e. The van der Waals surface area contributed by atoms with E-state index in [1.807, 2.05) is 46.9 Å². The lowest BCUT2D eigenvalue weighted by atomic mass is 10.0. The van der Waals surface area contributed by atoms with Crippen molar-refractivity contribution in [1.29, 1.82) is 5.26 Å². The molecule has 0 aliphatic rings. The highest BCUT2D eigenvalue weighted by Gasteiger charge is 2.17. The molecule has 2 nitrogen and oxygen atoms in total. The normalized spacial score (nSPS) is 11.7. The van der Waals surface area contributed by atoms with Crippen LogP contribution in [0.5, 0.6) is 0 Å². The van der Waals surface area contributed by atoms with Crippen LogP contribution in [0.15, 0.2) is 158 Å². The Morgan fingerprint density at radius 2 is 0.857 bits per heavy atom. The Bertz CT molecular complexity index is 2790. The van der Waals surface area contributed by atoms with Crippen molar-refractivity contribution in [2.75, 3.05) is 4.90 Å². The van der Waals surface area contributed by atoms with Crippen LogP contribution in [0.25, 0.3) is 73.0 Å². The number of hydrogen-bond donors (Lipinski definition) is 0. The van der Waals surface area contributed by atoms with Gasteiger partial charge in [0.1, 0.15) is 0 Å². The third-order valence-corrected chi connectivity index (χ3v) is 12.1. The molecule has 10 aromatic rings. The van der Waals surface area contributed by atoms with Crippen LogP contribution in [0, 0.1) is 11.3 Å². The van der Waals surface area contributed by atoms with E-state index in [4.69, 9.17) is 0 Å². The average molecular weight is 659 g/mol. The zero-order valence-electron chi connectivity index (χ0n) is 26.2. The van der Waals surface area contributed by atoms with Crippen molar-refractivity contribution in [3.05, 3.63) is 163 Å². The zero-order chi connectivity index (χ0) is 32.5. The molecule has 0 saturated carbocycles. The second-order valence-corrected chi connectivity index (χ2v) is 14.6. The number of anilines is 3. The fraction of sp³-hybridized carbons (Fsp3) is 0. The summed E-state index contributed by atoms with van der Waals surface area (Å²) in [7, 11) is 0. The van der Waals surface area contributed by atoms with Crippen LogP contribution >= 0.6 is 22.7 Å². The Balaban J connectivity index is 1.19. The molecular weight excluding hydrogens is 633 g/mol. The first-order chi connectivity index (χ1) is 24.2. The molecule has 2 aromatic heterocycles. The maximum Gasteiger partial charge on any atom is 0.0991 e. The number of benzene rings is 8. The minimum absolute atomic E-state index is 0.666. The van der Waals surface area contributed by atoms with E-state index in [0.29, 0.717) is 5.56 Å². The van der Waals surface area contributed by atoms with Crippen LogP contribution in [0.4, 0.5) is 17.1 Å². The van der Waals surface area contributed by atoms with Gasteiger partial charge in [-0.3, -0.25) is 0 Å². The molecule has 49 heavy (non-hydrogen) atoms. The summed E-state index contributed by atoms with van der Waals surface area (Å²) in [6.07, 6.45) is 0. The lowest BCUT2D eigenvalue weighted by Crippen LogP contribution is -2.10. The van der Waals surface area contributed by atoms with Gasteiger partial charge in [0.05, 0.1) is 11.6 Å². The van der Waals surface area contributed by atoms with E-state index in [-0.39, 0.29) is 0 Å². The SMILES string of the molecule is N#Cc1ccc(-c2ccc(N(c3ccc4ccc5c6ccccc6sc5c4c3)c3ccc4ccc5c6ccccc6sc5c4c3)cc2)cc1. The quantitative estimate of drug-likeness (QED) is 0.188. The molecular formula is C45H26N2S2. The highest BCUT2D eigenvalue weighted by molar-refractivity contribution is 7.27. The van der Waals surface area contributed by atoms with Crippen LogP contribution in [0.2, 0.25) is 0 Å². The van der Waals surface area contributed by atoms with Gasteiger partial charge in [-0.2, -0.15) is 5.26 Å². The van der Waals surface area contributed by atoms with Gasteiger partial charge in [-0.25, -0.2) is 0 Å². The predicted octanol–water partition coefficient (Wildman–Crippen LogP) is 13.7. The summed E-state index contributed by atoms with van der Waals surface area (Å²) in [6.45, 7) is 0. The van der Waals surface area contributed by atoms with Crippen molar-refractivity contribution in [2.24, 2.45) is 0 Å². The highest BCUT2D eigenvalue weighted by Crippen LogP contribution is 2.44. The van der Waals surface area contributed by atoms with Crippen molar-refractivity contribution in [1.82, 2.24) is 0 Å². The molecule has 0 unspecified atom stereocenters. The third-order valence-electron chi connectivity index (χ3n) is 9.68. The van der Waals surface area contributed by atoms with Crippen LogP contribution in [0.3, 0.4) is 0 Å². The Labute approximate surface area is 290 Å². The standard InChI is InChI=1S/C45H26N2S2/c46-27-28-9-11-29(12-10-28)30-13-19-33(20-14-30)47(34-21-15-31-17-23-38-36-5-1-3-7-42(36)48-44(38)40(31)25-34)35-22-16-32-18-24-39-37-6-2-4-8-43(37)49-45(39)41(32)26-35/h1-26H. The summed E-state index contributed by atoms with van der Waals surface area (Å²) in [5.41, 5.74) is 6.19. The Hall–Kier alpha value is -5.99. The van der Waals surface area contributed by atoms with Gasteiger partial charge in [0, 0.05) is 68.2 Å². The summed E-state index contributed by atoms with van der Waals surface area (Å²) < 4.78 is 5.27. The number of rotatable bonds is 4. The summed E-state index contributed by atoms with van der Waals surface area (Å²) in [5, 5.41) is 19.5. The molecule has 0 N–H and O–H groups in total. The van der Waals surface area contributed by atoms with Crippen LogP contribution in [-0.4, -0.2) is 0 Å². The van der Waals surface area contributed by atoms with E-state index in [1.54, 1.807) is 0 Å². The fourth-order valence-electron chi connectivity index (χ4n) is 7.25. The van der Waals surface area contributed by atoms with Gasteiger partial charge >= 0.3 is 0 Å². The number of fused-ring (bicyclic) bond motifs is 10. The van der Waals surface area contributed by atoms with Crippen LogP contribution in [-0.2, 0) is 0 Å². The molecule has 0 fully saturated rings. The molecule has 2 heterocycles. The molecule has 228 valence electrons. The van der Waals surface area contributed by atoms with E-state index in [2.05, 4.69) is 144 Å². The van der Waals surface area contributed by atoms with Gasteiger partial charge in [0.25, 0.3) is 0 Å². The minimum Gasteiger partial charge on any atom is -0.310 e. The third kappa shape index (κ3) is 4.52. The van der Waals surface area contributed by atoms with Gasteiger partial charge in [0.2, 0.25) is 0 Å².